The van der Waals surface area contributed by atoms with Crippen LogP contribution in [0.1, 0.15) is 6.92 Å². The fourth-order valence-corrected chi connectivity index (χ4v) is 3.45. The predicted molar refractivity (Wildman–Crippen MR) is 79.3 cm³/mol. The summed E-state index contributed by atoms with van der Waals surface area (Å²) in [6.07, 6.45) is 1.87. The average molecular weight is 275 g/mol. The molecule has 0 saturated carbocycles. The number of benzene rings is 1. The van der Waals surface area contributed by atoms with Crippen molar-refractivity contribution in [1.82, 2.24) is 9.38 Å². The first-order valence-electron chi connectivity index (χ1n) is 5.73. The first kappa shape index (κ1) is 11.6. The van der Waals surface area contributed by atoms with E-state index in [4.69, 9.17) is 5.73 Å². The second-order valence-electron chi connectivity index (χ2n) is 3.90. The van der Waals surface area contributed by atoms with Crippen molar-refractivity contribution in [2.24, 2.45) is 0 Å². The van der Waals surface area contributed by atoms with E-state index >= 15 is 0 Å². The van der Waals surface area contributed by atoms with Crippen LogP contribution in [0.4, 0.5) is 5.82 Å². The van der Waals surface area contributed by atoms with Gasteiger partial charge in [0.15, 0.2) is 4.96 Å². The van der Waals surface area contributed by atoms with Crippen LogP contribution in [0.3, 0.4) is 0 Å². The van der Waals surface area contributed by atoms with Gasteiger partial charge in [-0.05, 0) is 23.4 Å². The average Bonchev–Trinajstić information content (AvgIpc) is 2.89. The van der Waals surface area contributed by atoms with Crippen LogP contribution >= 0.6 is 23.1 Å². The normalized spacial score (nSPS) is 11.2. The molecule has 0 atom stereocenters. The first-order valence-corrected chi connectivity index (χ1v) is 7.60. The van der Waals surface area contributed by atoms with E-state index in [1.165, 1.54) is 10.5 Å². The third kappa shape index (κ3) is 2.00. The van der Waals surface area contributed by atoms with Crippen molar-refractivity contribution < 1.29 is 0 Å². The van der Waals surface area contributed by atoms with Crippen LogP contribution < -0.4 is 5.73 Å². The molecule has 0 bridgehead atoms. The zero-order valence-corrected chi connectivity index (χ0v) is 11.6. The summed E-state index contributed by atoms with van der Waals surface area (Å²) in [5.41, 5.74) is 8.06. The molecule has 2 heterocycles. The number of hydrogen-bond donors (Lipinski definition) is 1. The smallest absolute Gasteiger partial charge is 0.196 e. The van der Waals surface area contributed by atoms with Gasteiger partial charge in [-0.2, -0.15) is 0 Å². The topological polar surface area (TPSA) is 43.3 Å². The highest BCUT2D eigenvalue weighted by Gasteiger charge is 2.08. The highest BCUT2D eigenvalue weighted by Crippen LogP contribution is 2.28. The van der Waals surface area contributed by atoms with Crippen molar-refractivity contribution in [3.63, 3.8) is 0 Å². The van der Waals surface area contributed by atoms with Crippen molar-refractivity contribution in [2.75, 3.05) is 11.5 Å². The molecule has 3 rings (SSSR count). The number of thioether (sulfide) groups is 1. The third-order valence-corrected chi connectivity index (χ3v) is 4.42. The van der Waals surface area contributed by atoms with Gasteiger partial charge >= 0.3 is 0 Å². The summed E-state index contributed by atoms with van der Waals surface area (Å²) in [6, 6.07) is 8.62. The largest absolute Gasteiger partial charge is 0.382 e. The van der Waals surface area contributed by atoms with Gasteiger partial charge < -0.3 is 5.73 Å². The fraction of sp³-hybridized carbons (Fsp3) is 0.154. The molecule has 18 heavy (non-hydrogen) atoms. The Morgan fingerprint density at radius 1 is 1.33 bits per heavy atom. The summed E-state index contributed by atoms with van der Waals surface area (Å²) in [6.45, 7) is 2.16. The minimum absolute atomic E-state index is 0.571. The van der Waals surface area contributed by atoms with Crippen LogP contribution in [0.15, 0.2) is 40.7 Å². The number of nitrogens with two attached hydrogens (primary N) is 1. The highest BCUT2D eigenvalue weighted by atomic mass is 32.2. The molecule has 0 aliphatic rings. The van der Waals surface area contributed by atoms with Gasteiger partial charge in [-0.15, -0.1) is 23.1 Å². The second-order valence-corrected chi connectivity index (χ2v) is 6.07. The quantitative estimate of drug-likeness (QED) is 0.740. The summed E-state index contributed by atoms with van der Waals surface area (Å²) in [5, 5.41) is 2.11. The first-order chi connectivity index (χ1) is 8.78. The molecule has 2 N–H and O–H groups in total. The lowest BCUT2D eigenvalue weighted by molar-refractivity contribution is 1.23. The minimum Gasteiger partial charge on any atom is -0.382 e. The number of hydrogen-bond acceptors (Lipinski definition) is 4. The van der Waals surface area contributed by atoms with Gasteiger partial charge in [0.2, 0.25) is 0 Å². The third-order valence-electron chi connectivity index (χ3n) is 2.69. The van der Waals surface area contributed by atoms with E-state index in [1.54, 1.807) is 11.3 Å². The molecule has 0 fully saturated rings. The van der Waals surface area contributed by atoms with E-state index in [0.29, 0.717) is 5.82 Å². The van der Waals surface area contributed by atoms with E-state index in [-0.39, 0.29) is 0 Å². The predicted octanol–water partition coefficient (Wildman–Crippen LogP) is 3.76. The molecule has 1 aromatic carbocycles. The van der Waals surface area contributed by atoms with Gasteiger partial charge in [-0.1, -0.05) is 19.1 Å². The Kier molecular flexibility index (Phi) is 3.01. The zero-order valence-electron chi connectivity index (χ0n) is 9.96. The number of anilines is 1. The van der Waals surface area contributed by atoms with Crippen molar-refractivity contribution in [2.45, 2.75) is 11.8 Å². The maximum atomic E-state index is 5.72. The van der Waals surface area contributed by atoms with Crippen molar-refractivity contribution in [3.05, 3.63) is 35.8 Å². The van der Waals surface area contributed by atoms with Gasteiger partial charge in [-0.3, -0.25) is 4.40 Å². The molecular formula is C13H13N3S2. The fourth-order valence-electron chi connectivity index (χ4n) is 1.90. The van der Waals surface area contributed by atoms with E-state index in [9.17, 15) is 0 Å². The standard InChI is InChI=1S/C13H13N3S2/c1-2-17-10-5-3-9(4-6-10)11-8-18-13-15-12(14)7-16(11)13/h3-8H,2,14H2,1H3. The summed E-state index contributed by atoms with van der Waals surface area (Å²) < 4.78 is 2.04. The lowest BCUT2D eigenvalue weighted by Gasteiger charge is -2.02. The summed E-state index contributed by atoms with van der Waals surface area (Å²) in [4.78, 5) is 6.50. The lowest BCUT2D eigenvalue weighted by atomic mass is 10.2. The highest BCUT2D eigenvalue weighted by molar-refractivity contribution is 7.99. The second kappa shape index (κ2) is 4.66. The molecule has 0 aliphatic heterocycles. The molecule has 0 radical (unpaired) electrons. The molecule has 0 aliphatic carbocycles. The van der Waals surface area contributed by atoms with Crippen molar-refractivity contribution in [3.8, 4) is 11.3 Å². The van der Waals surface area contributed by atoms with E-state index in [2.05, 4.69) is 41.6 Å². The Bertz CT molecular complexity index is 667. The molecular weight excluding hydrogens is 262 g/mol. The van der Waals surface area contributed by atoms with E-state index in [0.717, 1.165) is 16.4 Å². The Balaban J connectivity index is 2.02. The molecule has 0 saturated heterocycles. The molecule has 3 nitrogen and oxygen atoms in total. The zero-order chi connectivity index (χ0) is 12.5. The van der Waals surface area contributed by atoms with Gasteiger partial charge in [0.1, 0.15) is 5.82 Å². The number of nitrogens with zero attached hydrogens (tertiary/aromatic N) is 2. The lowest BCUT2D eigenvalue weighted by Crippen LogP contribution is -1.85. The van der Waals surface area contributed by atoms with Crippen molar-refractivity contribution in [1.29, 1.82) is 0 Å². The van der Waals surface area contributed by atoms with Crippen LogP contribution in [0.5, 0.6) is 0 Å². The van der Waals surface area contributed by atoms with Crippen molar-refractivity contribution >= 4 is 33.9 Å². The van der Waals surface area contributed by atoms with Crippen LogP contribution in [-0.2, 0) is 0 Å². The van der Waals surface area contributed by atoms with Gasteiger partial charge in [0.25, 0.3) is 0 Å². The van der Waals surface area contributed by atoms with Gasteiger partial charge in [0, 0.05) is 10.3 Å². The number of rotatable bonds is 3. The summed E-state index contributed by atoms with van der Waals surface area (Å²) in [7, 11) is 0. The van der Waals surface area contributed by atoms with Crippen LogP contribution in [-0.4, -0.2) is 15.1 Å². The molecule has 3 aromatic rings. The number of nitrogen functional groups attached to an aromatic ring is 1. The monoisotopic (exact) mass is 275 g/mol. The van der Waals surface area contributed by atoms with Gasteiger partial charge in [0.05, 0.1) is 11.9 Å². The maximum absolute atomic E-state index is 5.72. The molecule has 5 heteroatoms. The van der Waals surface area contributed by atoms with Gasteiger partial charge in [-0.25, -0.2) is 4.98 Å². The SMILES string of the molecule is CCSc1ccc(-c2csc3nc(N)cn23)cc1. The number of thiazole rings is 1. The Hall–Kier alpha value is -1.46. The van der Waals surface area contributed by atoms with Crippen LogP contribution in [0.2, 0.25) is 0 Å². The summed E-state index contributed by atoms with van der Waals surface area (Å²) >= 11 is 3.46. The van der Waals surface area contributed by atoms with E-state index in [1.807, 2.05) is 22.4 Å². The molecule has 92 valence electrons. The van der Waals surface area contributed by atoms with E-state index < -0.39 is 0 Å². The number of fused-ring (bicyclic) bond motifs is 1. The number of imidazole rings is 1. The van der Waals surface area contributed by atoms with Crippen LogP contribution in [0, 0.1) is 0 Å². The Morgan fingerprint density at radius 2 is 2.11 bits per heavy atom. The maximum Gasteiger partial charge on any atom is 0.196 e. The summed E-state index contributed by atoms with van der Waals surface area (Å²) in [5.74, 6) is 1.67. The molecule has 2 aromatic heterocycles. The minimum atomic E-state index is 0.571. The molecule has 0 unspecified atom stereocenters. The number of aromatic nitrogens is 2. The molecule has 0 spiro atoms. The Morgan fingerprint density at radius 3 is 2.83 bits per heavy atom. The molecule has 0 amide bonds. The Labute approximate surface area is 114 Å². The van der Waals surface area contributed by atoms with Crippen LogP contribution in [0.25, 0.3) is 16.2 Å².